The number of nitriles is 1. The van der Waals surface area contributed by atoms with Crippen molar-refractivity contribution in [3.05, 3.63) is 35.9 Å². The average Bonchev–Trinajstić information content (AvgIpc) is 2.75. The van der Waals surface area contributed by atoms with Crippen LogP contribution in [0.15, 0.2) is 30.3 Å². The third-order valence-corrected chi connectivity index (χ3v) is 5.71. The van der Waals surface area contributed by atoms with Crippen LogP contribution in [-0.4, -0.2) is 45.7 Å². The van der Waals surface area contributed by atoms with Gasteiger partial charge in [0.2, 0.25) is 0 Å². The van der Waals surface area contributed by atoms with E-state index in [1.807, 2.05) is 0 Å². The second-order valence-corrected chi connectivity index (χ2v) is 7.49. The van der Waals surface area contributed by atoms with Crippen LogP contribution in [-0.2, 0) is 9.53 Å². The molecule has 7 nitrogen and oxygen atoms in total. The fourth-order valence-electron chi connectivity index (χ4n) is 3.91. The number of nitrogens with zero attached hydrogens (tertiary/aromatic N) is 2. The molecule has 29 heavy (non-hydrogen) atoms. The van der Waals surface area contributed by atoms with E-state index in [-0.39, 0.29) is 17.1 Å². The quantitative estimate of drug-likeness (QED) is 0.605. The van der Waals surface area contributed by atoms with Gasteiger partial charge in [0.15, 0.2) is 6.10 Å². The molecule has 1 saturated carbocycles. The minimum atomic E-state index is -1.15. The Hall–Kier alpha value is -3.27. The highest BCUT2D eigenvalue weighted by Gasteiger charge is 2.41. The minimum Gasteiger partial charge on any atom is -0.507 e. The molecule has 2 aromatic rings. The first-order chi connectivity index (χ1) is 13.8. The first kappa shape index (κ1) is 20.5. The average molecular weight is 396 g/mol. The summed E-state index contributed by atoms with van der Waals surface area (Å²) in [7, 11) is 1.56. The molecule has 1 aliphatic carbocycles. The molecule has 0 aromatic heterocycles. The van der Waals surface area contributed by atoms with Crippen LogP contribution in [0.5, 0.6) is 11.5 Å². The topological polar surface area (TPSA) is 111 Å². The van der Waals surface area contributed by atoms with Crippen LogP contribution in [0.25, 0.3) is 10.8 Å². The van der Waals surface area contributed by atoms with E-state index in [2.05, 4.69) is 6.07 Å². The van der Waals surface area contributed by atoms with Crippen LogP contribution >= 0.6 is 0 Å². The molecule has 2 aromatic carbocycles. The number of likely N-dealkylation sites (N-methyl/N-ethyl adjacent to an activating group) is 1. The maximum atomic E-state index is 12.8. The van der Waals surface area contributed by atoms with Crippen molar-refractivity contribution < 1.29 is 24.5 Å². The van der Waals surface area contributed by atoms with Gasteiger partial charge in [-0.15, -0.1) is 0 Å². The highest BCUT2D eigenvalue weighted by molar-refractivity contribution is 6.04. The Labute approximate surface area is 169 Å². The van der Waals surface area contributed by atoms with E-state index in [1.54, 1.807) is 31.3 Å². The highest BCUT2D eigenvalue weighted by atomic mass is 16.5. The Morgan fingerprint density at radius 2 is 1.79 bits per heavy atom. The Morgan fingerprint density at radius 3 is 2.41 bits per heavy atom. The summed E-state index contributed by atoms with van der Waals surface area (Å²) >= 11 is 0. The van der Waals surface area contributed by atoms with Gasteiger partial charge in [0, 0.05) is 17.8 Å². The summed E-state index contributed by atoms with van der Waals surface area (Å²) in [5.41, 5.74) is -1.12. The lowest BCUT2D eigenvalue weighted by atomic mass is 9.81. The van der Waals surface area contributed by atoms with Gasteiger partial charge in [-0.3, -0.25) is 4.79 Å². The number of phenols is 2. The molecule has 0 bridgehead atoms. The van der Waals surface area contributed by atoms with Crippen molar-refractivity contribution >= 4 is 22.6 Å². The number of amides is 1. The normalized spacial score (nSPS) is 16.6. The van der Waals surface area contributed by atoms with Crippen molar-refractivity contribution in [3.8, 4) is 17.6 Å². The lowest BCUT2D eigenvalue weighted by molar-refractivity contribution is -0.143. The summed E-state index contributed by atoms with van der Waals surface area (Å²) in [6.45, 7) is 1.43. The summed E-state index contributed by atoms with van der Waals surface area (Å²) in [6.07, 6.45) is 2.79. The molecule has 3 rings (SSSR count). The lowest BCUT2D eigenvalue weighted by Crippen LogP contribution is -2.53. The molecule has 0 radical (unpaired) electrons. The molecule has 1 aliphatic rings. The van der Waals surface area contributed by atoms with Crippen molar-refractivity contribution in [1.29, 1.82) is 5.26 Å². The van der Waals surface area contributed by atoms with Gasteiger partial charge in [0.25, 0.3) is 5.91 Å². The summed E-state index contributed by atoms with van der Waals surface area (Å²) in [5.74, 6) is -1.90. The number of ether oxygens (including phenoxy) is 1. The fraction of sp³-hybridized carbons (Fsp3) is 0.409. The third-order valence-electron chi connectivity index (χ3n) is 5.71. The number of rotatable bonds is 4. The van der Waals surface area contributed by atoms with E-state index in [1.165, 1.54) is 11.8 Å². The molecule has 2 N–H and O–H groups in total. The summed E-state index contributed by atoms with van der Waals surface area (Å²) in [5, 5.41) is 31.0. The SMILES string of the molecule is C[C@@H](OC(=O)c1cc(O)c2ccccc2c1O)C(=O)N(C)C1(C#N)CCCCC1. The first-order valence-corrected chi connectivity index (χ1v) is 9.64. The van der Waals surface area contributed by atoms with Gasteiger partial charge in [-0.05, 0) is 25.8 Å². The van der Waals surface area contributed by atoms with Gasteiger partial charge >= 0.3 is 5.97 Å². The Balaban J connectivity index is 1.80. The monoisotopic (exact) mass is 396 g/mol. The molecule has 0 spiro atoms. The van der Waals surface area contributed by atoms with Crippen LogP contribution in [0.1, 0.15) is 49.4 Å². The Kier molecular flexibility index (Phi) is 5.64. The van der Waals surface area contributed by atoms with Crippen molar-refractivity contribution in [2.45, 2.75) is 50.7 Å². The van der Waals surface area contributed by atoms with Crippen molar-refractivity contribution in [2.75, 3.05) is 7.05 Å². The standard InChI is InChI=1S/C22H24N2O5/c1-14(20(27)24(2)22(13-23)10-6-3-7-11-22)29-21(28)17-12-18(25)15-8-4-5-9-16(15)19(17)26/h4-5,8-9,12,14,25-26H,3,6-7,10-11H2,1-2H3/t14-/m1/s1. The molecular weight excluding hydrogens is 372 g/mol. The maximum Gasteiger partial charge on any atom is 0.342 e. The number of esters is 1. The number of carbonyl (C=O) groups is 2. The summed E-state index contributed by atoms with van der Waals surface area (Å²) in [6, 6.07) is 9.95. The van der Waals surface area contributed by atoms with E-state index in [9.17, 15) is 25.1 Å². The highest BCUT2D eigenvalue weighted by Crippen LogP contribution is 2.36. The fourth-order valence-corrected chi connectivity index (χ4v) is 3.91. The number of aromatic hydroxyl groups is 2. The Bertz CT molecular complexity index is 989. The van der Waals surface area contributed by atoms with Crippen LogP contribution < -0.4 is 0 Å². The molecule has 0 heterocycles. The second-order valence-electron chi connectivity index (χ2n) is 7.49. The molecule has 1 amide bonds. The molecule has 1 fully saturated rings. The van der Waals surface area contributed by atoms with Gasteiger partial charge in [-0.1, -0.05) is 43.5 Å². The zero-order valence-corrected chi connectivity index (χ0v) is 16.5. The second kappa shape index (κ2) is 8.00. The largest absolute Gasteiger partial charge is 0.507 e. The number of benzene rings is 2. The first-order valence-electron chi connectivity index (χ1n) is 9.64. The molecule has 0 aliphatic heterocycles. The minimum absolute atomic E-state index is 0.174. The number of carbonyl (C=O) groups excluding carboxylic acids is 2. The molecule has 1 atom stereocenters. The number of phenolic OH excluding ortho intramolecular Hbond substituents is 2. The van der Waals surface area contributed by atoms with E-state index < -0.39 is 23.5 Å². The molecule has 152 valence electrons. The third kappa shape index (κ3) is 3.70. The van der Waals surface area contributed by atoms with Gasteiger partial charge in [0.05, 0.1) is 6.07 Å². The van der Waals surface area contributed by atoms with Gasteiger partial charge in [-0.2, -0.15) is 5.26 Å². The molecule has 0 unspecified atom stereocenters. The van der Waals surface area contributed by atoms with Crippen molar-refractivity contribution in [1.82, 2.24) is 4.90 Å². The van der Waals surface area contributed by atoms with E-state index >= 15 is 0 Å². The molecule has 0 saturated heterocycles. The van der Waals surface area contributed by atoms with Gasteiger partial charge in [-0.25, -0.2) is 4.79 Å². The van der Waals surface area contributed by atoms with E-state index in [0.29, 0.717) is 23.6 Å². The molecule has 7 heteroatoms. The van der Waals surface area contributed by atoms with E-state index in [0.717, 1.165) is 25.3 Å². The number of hydrogen-bond acceptors (Lipinski definition) is 6. The molecular formula is C22H24N2O5. The van der Waals surface area contributed by atoms with Crippen molar-refractivity contribution in [2.24, 2.45) is 0 Å². The van der Waals surface area contributed by atoms with E-state index in [4.69, 9.17) is 4.74 Å². The smallest absolute Gasteiger partial charge is 0.342 e. The maximum absolute atomic E-state index is 12.8. The van der Waals surface area contributed by atoms with Gasteiger partial charge in [0.1, 0.15) is 22.6 Å². The summed E-state index contributed by atoms with van der Waals surface area (Å²) < 4.78 is 5.27. The van der Waals surface area contributed by atoms with Crippen LogP contribution in [0.4, 0.5) is 0 Å². The predicted octanol–water partition coefficient (Wildman–Crippen LogP) is 3.48. The Morgan fingerprint density at radius 1 is 1.17 bits per heavy atom. The van der Waals surface area contributed by atoms with Crippen LogP contribution in [0.3, 0.4) is 0 Å². The van der Waals surface area contributed by atoms with Crippen LogP contribution in [0, 0.1) is 11.3 Å². The predicted molar refractivity (Wildman–Crippen MR) is 106 cm³/mol. The van der Waals surface area contributed by atoms with Gasteiger partial charge < -0.3 is 19.8 Å². The number of hydrogen-bond donors (Lipinski definition) is 2. The zero-order chi connectivity index (χ0) is 21.2. The lowest BCUT2D eigenvalue weighted by Gasteiger charge is -2.39. The zero-order valence-electron chi connectivity index (χ0n) is 16.5. The summed E-state index contributed by atoms with van der Waals surface area (Å²) in [4.78, 5) is 26.8. The van der Waals surface area contributed by atoms with Crippen LogP contribution in [0.2, 0.25) is 0 Å². The number of fused-ring (bicyclic) bond motifs is 1. The van der Waals surface area contributed by atoms with Crippen molar-refractivity contribution in [3.63, 3.8) is 0 Å².